The summed E-state index contributed by atoms with van der Waals surface area (Å²) in [5.41, 5.74) is 2.82. The molecule has 0 bridgehead atoms. The standard InChI is InChI=1S/C21H26ClN3O/c1-15-6-5-12-24(14-15)21(26)19-18-7-3-2-4-13-25(18)20(23-19)16-8-10-17(22)11-9-16/h8-11,15H,2-7,12-14H2,1H3/t15-/m1/s1. The van der Waals surface area contributed by atoms with Crippen molar-refractivity contribution < 1.29 is 4.79 Å². The lowest BCUT2D eigenvalue weighted by molar-refractivity contribution is 0.0676. The minimum atomic E-state index is 0.113. The van der Waals surface area contributed by atoms with Crippen LogP contribution in [0.5, 0.6) is 0 Å². The quantitative estimate of drug-likeness (QED) is 0.760. The lowest BCUT2D eigenvalue weighted by Gasteiger charge is -2.30. The molecule has 0 N–H and O–H groups in total. The molecular weight excluding hydrogens is 346 g/mol. The number of piperidine rings is 1. The number of rotatable bonds is 2. The first-order valence-corrected chi connectivity index (χ1v) is 10.2. The van der Waals surface area contributed by atoms with Crippen LogP contribution < -0.4 is 0 Å². The molecule has 1 fully saturated rings. The lowest BCUT2D eigenvalue weighted by atomic mass is 10.00. The zero-order chi connectivity index (χ0) is 18.1. The van der Waals surface area contributed by atoms with E-state index in [1.54, 1.807) is 0 Å². The van der Waals surface area contributed by atoms with Gasteiger partial charge in [-0.3, -0.25) is 4.79 Å². The largest absolute Gasteiger partial charge is 0.337 e. The van der Waals surface area contributed by atoms with Crippen molar-refractivity contribution in [3.63, 3.8) is 0 Å². The summed E-state index contributed by atoms with van der Waals surface area (Å²) in [6, 6.07) is 7.78. The first-order valence-electron chi connectivity index (χ1n) is 9.78. The molecule has 4 rings (SSSR count). The van der Waals surface area contributed by atoms with Gasteiger partial charge in [0.2, 0.25) is 0 Å². The molecule has 0 spiro atoms. The van der Waals surface area contributed by atoms with Crippen LogP contribution in [0.1, 0.15) is 55.2 Å². The summed E-state index contributed by atoms with van der Waals surface area (Å²) < 4.78 is 2.27. The number of benzene rings is 1. The zero-order valence-corrected chi connectivity index (χ0v) is 16.1. The second kappa shape index (κ2) is 7.43. The van der Waals surface area contributed by atoms with Crippen LogP contribution in [0.2, 0.25) is 5.02 Å². The maximum Gasteiger partial charge on any atom is 0.274 e. The van der Waals surface area contributed by atoms with E-state index in [0.717, 1.165) is 67.4 Å². The number of aromatic nitrogens is 2. The number of carbonyl (C=O) groups is 1. The van der Waals surface area contributed by atoms with Crippen molar-refractivity contribution >= 4 is 17.5 Å². The van der Waals surface area contributed by atoms with Gasteiger partial charge < -0.3 is 9.47 Å². The van der Waals surface area contributed by atoms with Gasteiger partial charge in [-0.15, -0.1) is 0 Å². The van der Waals surface area contributed by atoms with Gasteiger partial charge in [0.25, 0.3) is 5.91 Å². The third-order valence-corrected chi connectivity index (χ3v) is 5.87. The predicted octanol–water partition coefficient (Wildman–Crippen LogP) is 4.80. The number of likely N-dealkylation sites (tertiary alicyclic amines) is 1. The summed E-state index contributed by atoms with van der Waals surface area (Å²) in [6.07, 6.45) is 6.70. The van der Waals surface area contributed by atoms with Crippen LogP contribution in [0, 0.1) is 5.92 Å². The number of halogens is 1. The van der Waals surface area contributed by atoms with Crippen LogP contribution in [-0.4, -0.2) is 33.4 Å². The number of hydrogen-bond donors (Lipinski definition) is 0. The number of nitrogens with zero attached hydrogens (tertiary/aromatic N) is 3. The maximum absolute atomic E-state index is 13.3. The fourth-order valence-electron chi connectivity index (χ4n) is 4.23. The third-order valence-electron chi connectivity index (χ3n) is 5.62. The molecule has 2 aromatic rings. The van der Waals surface area contributed by atoms with E-state index in [2.05, 4.69) is 11.5 Å². The molecule has 2 aliphatic heterocycles. The fourth-order valence-corrected chi connectivity index (χ4v) is 4.36. The van der Waals surface area contributed by atoms with Crippen LogP contribution >= 0.6 is 11.6 Å². The summed E-state index contributed by atoms with van der Waals surface area (Å²) in [4.78, 5) is 20.1. The van der Waals surface area contributed by atoms with Gasteiger partial charge in [0.1, 0.15) is 11.5 Å². The van der Waals surface area contributed by atoms with Crippen molar-refractivity contribution in [1.29, 1.82) is 0 Å². The Kier molecular flexibility index (Phi) is 5.03. The van der Waals surface area contributed by atoms with Gasteiger partial charge in [-0.1, -0.05) is 24.9 Å². The predicted molar refractivity (Wildman–Crippen MR) is 105 cm³/mol. The lowest BCUT2D eigenvalue weighted by Crippen LogP contribution is -2.39. The van der Waals surface area contributed by atoms with Gasteiger partial charge in [0.15, 0.2) is 0 Å². The SMILES string of the molecule is C[C@@H]1CCCN(C(=O)c2nc(-c3ccc(Cl)cc3)n3c2CCCCC3)C1. The smallest absolute Gasteiger partial charge is 0.274 e. The Labute approximate surface area is 160 Å². The number of carbonyl (C=O) groups excluding carboxylic acids is 1. The number of hydrogen-bond acceptors (Lipinski definition) is 2. The summed E-state index contributed by atoms with van der Waals surface area (Å²) in [6.45, 7) is 4.86. The Balaban J connectivity index is 1.74. The molecule has 138 valence electrons. The van der Waals surface area contributed by atoms with E-state index in [9.17, 15) is 4.79 Å². The average Bonchev–Trinajstić information content (AvgIpc) is 2.83. The van der Waals surface area contributed by atoms with Crippen molar-refractivity contribution in [3.8, 4) is 11.4 Å². The van der Waals surface area contributed by atoms with Gasteiger partial charge in [-0.25, -0.2) is 4.98 Å². The average molecular weight is 372 g/mol. The van der Waals surface area contributed by atoms with Gasteiger partial charge >= 0.3 is 0 Å². The topological polar surface area (TPSA) is 38.1 Å². The van der Waals surface area contributed by atoms with Crippen molar-refractivity contribution in [2.24, 2.45) is 5.92 Å². The van der Waals surface area contributed by atoms with Crippen LogP contribution in [0.3, 0.4) is 0 Å². The van der Waals surface area contributed by atoms with Gasteiger partial charge in [-0.05, 0) is 62.3 Å². The van der Waals surface area contributed by atoms with Crippen LogP contribution in [-0.2, 0) is 13.0 Å². The molecule has 0 unspecified atom stereocenters. The molecule has 5 heteroatoms. The van der Waals surface area contributed by atoms with E-state index in [1.165, 1.54) is 12.8 Å². The first-order chi connectivity index (χ1) is 12.6. The van der Waals surface area contributed by atoms with Crippen molar-refractivity contribution in [2.75, 3.05) is 13.1 Å². The first kappa shape index (κ1) is 17.6. The van der Waals surface area contributed by atoms with E-state index in [0.29, 0.717) is 11.6 Å². The molecule has 1 amide bonds. The van der Waals surface area contributed by atoms with E-state index in [1.807, 2.05) is 29.2 Å². The Morgan fingerprint density at radius 3 is 2.69 bits per heavy atom. The molecule has 26 heavy (non-hydrogen) atoms. The molecule has 1 atom stereocenters. The van der Waals surface area contributed by atoms with Gasteiger partial charge in [0, 0.05) is 30.2 Å². The van der Waals surface area contributed by atoms with Gasteiger partial charge in [0.05, 0.1) is 5.69 Å². The summed E-state index contributed by atoms with van der Waals surface area (Å²) >= 11 is 6.05. The normalized spacial score (nSPS) is 20.5. The van der Waals surface area contributed by atoms with Crippen molar-refractivity contribution in [2.45, 2.75) is 52.0 Å². The van der Waals surface area contributed by atoms with Crippen molar-refractivity contribution in [3.05, 3.63) is 40.7 Å². The Morgan fingerprint density at radius 1 is 1.12 bits per heavy atom. The highest BCUT2D eigenvalue weighted by molar-refractivity contribution is 6.30. The highest BCUT2D eigenvalue weighted by Gasteiger charge is 2.29. The molecule has 1 saturated heterocycles. The Bertz CT molecular complexity index is 796. The molecular formula is C21H26ClN3O. The molecule has 0 aliphatic carbocycles. The summed E-state index contributed by atoms with van der Waals surface area (Å²) in [5.74, 6) is 1.60. The zero-order valence-electron chi connectivity index (χ0n) is 15.4. The highest BCUT2D eigenvalue weighted by Crippen LogP contribution is 2.29. The van der Waals surface area contributed by atoms with E-state index < -0.39 is 0 Å². The van der Waals surface area contributed by atoms with E-state index in [4.69, 9.17) is 16.6 Å². The van der Waals surface area contributed by atoms with E-state index >= 15 is 0 Å². The van der Waals surface area contributed by atoms with Crippen LogP contribution in [0.4, 0.5) is 0 Å². The number of amides is 1. The highest BCUT2D eigenvalue weighted by atomic mass is 35.5. The fraction of sp³-hybridized carbons (Fsp3) is 0.524. The third kappa shape index (κ3) is 3.39. The Morgan fingerprint density at radius 2 is 1.92 bits per heavy atom. The monoisotopic (exact) mass is 371 g/mol. The molecule has 0 radical (unpaired) electrons. The second-order valence-corrected chi connectivity index (χ2v) is 8.13. The Hall–Kier alpha value is -1.81. The molecule has 1 aromatic carbocycles. The summed E-state index contributed by atoms with van der Waals surface area (Å²) in [5, 5.41) is 0.718. The number of imidazole rings is 1. The minimum Gasteiger partial charge on any atom is -0.337 e. The molecule has 0 saturated carbocycles. The van der Waals surface area contributed by atoms with E-state index in [-0.39, 0.29) is 5.91 Å². The summed E-state index contributed by atoms with van der Waals surface area (Å²) in [7, 11) is 0. The van der Waals surface area contributed by atoms with Gasteiger partial charge in [-0.2, -0.15) is 0 Å². The minimum absolute atomic E-state index is 0.113. The molecule has 3 heterocycles. The maximum atomic E-state index is 13.3. The van der Waals surface area contributed by atoms with Crippen LogP contribution in [0.15, 0.2) is 24.3 Å². The molecule has 2 aliphatic rings. The van der Waals surface area contributed by atoms with Crippen LogP contribution in [0.25, 0.3) is 11.4 Å². The molecule has 4 nitrogen and oxygen atoms in total. The number of fused-ring (bicyclic) bond motifs is 1. The molecule has 1 aromatic heterocycles. The second-order valence-electron chi connectivity index (χ2n) is 7.70. The van der Waals surface area contributed by atoms with Crippen molar-refractivity contribution in [1.82, 2.24) is 14.5 Å².